The molecular weight excluding hydrogens is 392 g/mol. The van der Waals surface area contributed by atoms with Crippen LogP contribution in [0.5, 0.6) is 0 Å². The number of morpholine rings is 1. The van der Waals surface area contributed by atoms with Crippen LogP contribution in [0.2, 0.25) is 0 Å². The lowest BCUT2D eigenvalue weighted by Crippen LogP contribution is -2.48. The van der Waals surface area contributed by atoms with Gasteiger partial charge in [-0.2, -0.15) is 0 Å². The molecule has 1 amide bonds. The first kappa shape index (κ1) is 23.5. The molecule has 172 valence electrons. The van der Waals surface area contributed by atoms with Crippen molar-refractivity contribution < 1.29 is 14.3 Å². The van der Waals surface area contributed by atoms with Crippen molar-refractivity contribution in [3.8, 4) is 0 Å². The molecule has 0 aromatic heterocycles. The van der Waals surface area contributed by atoms with Crippen LogP contribution < -0.4 is 10.6 Å². The summed E-state index contributed by atoms with van der Waals surface area (Å²) in [6.45, 7) is 7.68. The molecule has 0 spiro atoms. The molecule has 7 heteroatoms. The van der Waals surface area contributed by atoms with E-state index in [1.54, 1.807) is 14.2 Å². The highest BCUT2D eigenvalue weighted by atomic mass is 16.5. The van der Waals surface area contributed by atoms with Crippen molar-refractivity contribution in [3.05, 3.63) is 35.4 Å². The summed E-state index contributed by atoms with van der Waals surface area (Å²) in [5.74, 6) is 0.876. The largest absolute Gasteiger partial charge is 0.385 e. The van der Waals surface area contributed by atoms with E-state index in [1.807, 2.05) is 43.0 Å². The Morgan fingerprint density at radius 1 is 1.19 bits per heavy atom. The minimum absolute atomic E-state index is 0.0702. The van der Waals surface area contributed by atoms with Crippen molar-refractivity contribution in [2.45, 2.75) is 58.3 Å². The van der Waals surface area contributed by atoms with Gasteiger partial charge in [-0.3, -0.25) is 9.79 Å². The SMILES string of the molecule is CN=C(NCc1ccc(C(=O)N2CC(C)OC(C)C2)cc1)NCC1(CCOC)CCC1. The van der Waals surface area contributed by atoms with Crippen molar-refractivity contribution in [2.75, 3.05) is 40.4 Å². The number of benzene rings is 1. The highest BCUT2D eigenvalue weighted by Gasteiger charge is 2.36. The molecule has 2 atom stereocenters. The molecular formula is C24H38N4O3. The molecule has 1 aromatic rings. The number of aliphatic imine (C=N–C) groups is 1. The molecule has 1 saturated carbocycles. The molecule has 2 unspecified atom stereocenters. The van der Waals surface area contributed by atoms with Gasteiger partial charge in [-0.25, -0.2) is 0 Å². The molecule has 1 heterocycles. The fraction of sp³-hybridized carbons (Fsp3) is 0.667. The van der Waals surface area contributed by atoms with Gasteiger partial charge >= 0.3 is 0 Å². The van der Waals surface area contributed by atoms with E-state index in [0.29, 0.717) is 25.0 Å². The molecule has 31 heavy (non-hydrogen) atoms. The number of rotatable bonds is 8. The zero-order valence-electron chi connectivity index (χ0n) is 19.4. The summed E-state index contributed by atoms with van der Waals surface area (Å²) in [6, 6.07) is 7.84. The van der Waals surface area contributed by atoms with E-state index in [2.05, 4.69) is 15.6 Å². The van der Waals surface area contributed by atoms with Gasteiger partial charge < -0.3 is 25.0 Å². The second kappa shape index (κ2) is 11.0. The Labute approximate surface area is 186 Å². The van der Waals surface area contributed by atoms with Crippen LogP contribution >= 0.6 is 0 Å². The first-order valence-corrected chi connectivity index (χ1v) is 11.4. The van der Waals surface area contributed by atoms with Crippen LogP contribution in [0.4, 0.5) is 0 Å². The van der Waals surface area contributed by atoms with Crippen molar-refractivity contribution in [3.63, 3.8) is 0 Å². The summed E-state index contributed by atoms with van der Waals surface area (Å²) in [7, 11) is 3.56. The zero-order valence-corrected chi connectivity index (χ0v) is 19.4. The third kappa shape index (κ3) is 6.43. The lowest BCUT2D eigenvalue weighted by molar-refractivity contribution is -0.0586. The number of ether oxygens (including phenoxy) is 2. The Morgan fingerprint density at radius 2 is 1.87 bits per heavy atom. The average molecular weight is 431 g/mol. The topological polar surface area (TPSA) is 75.2 Å². The Balaban J connectivity index is 1.48. The molecule has 1 aromatic carbocycles. The summed E-state index contributed by atoms with van der Waals surface area (Å²) in [5.41, 5.74) is 2.17. The Hall–Kier alpha value is -2.12. The smallest absolute Gasteiger partial charge is 0.254 e. The number of hydrogen-bond donors (Lipinski definition) is 2. The number of methoxy groups -OCH3 is 1. The van der Waals surface area contributed by atoms with Gasteiger partial charge in [0.2, 0.25) is 0 Å². The summed E-state index contributed by atoms with van der Waals surface area (Å²) >= 11 is 0. The number of carbonyl (C=O) groups is 1. The third-order valence-corrected chi connectivity index (χ3v) is 6.47. The van der Waals surface area contributed by atoms with Crippen LogP contribution in [0.1, 0.15) is 55.5 Å². The number of nitrogens with zero attached hydrogens (tertiary/aromatic N) is 2. The summed E-state index contributed by atoms with van der Waals surface area (Å²) in [4.78, 5) is 19.1. The Kier molecular flexibility index (Phi) is 8.32. The monoisotopic (exact) mass is 430 g/mol. The minimum atomic E-state index is 0.0702. The van der Waals surface area contributed by atoms with E-state index < -0.39 is 0 Å². The molecule has 2 N–H and O–H groups in total. The maximum absolute atomic E-state index is 12.8. The predicted molar refractivity (Wildman–Crippen MR) is 123 cm³/mol. The fourth-order valence-electron chi connectivity index (χ4n) is 4.48. The number of hydrogen-bond acceptors (Lipinski definition) is 4. The van der Waals surface area contributed by atoms with Gasteiger partial charge in [0.15, 0.2) is 5.96 Å². The Morgan fingerprint density at radius 3 is 2.42 bits per heavy atom. The van der Waals surface area contributed by atoms with Crippen LogP contribution in [0, 0.1) is 5.41 Å². The summed E-state index contributed by atoms with van der Waals surface area (Å²) < 4.78 is 11.0. The van der Waals surface area contributed by atoms with Crippen LogP contribution in [0.15, 0.2) is 29.3 Å². The number of amides is 1. The van der Waals surface area contributed by atoms with Gasteiger partial charge in [-0.15, -0.1) is 0 Å². The Bertz CT molecular complexity index is 736. The van der Waals surface area contributed by atoms with Crippen LogP contribution in [-0.2, 0) is 16.0 Å². The molecule has 1 saturated heterocycles. The van der Waals surface area contributed by atoms with Crippen LogP contribution in [-0.4, -0.2) is 69.4 Å². The zero-order chi connectivity index (χ0) is 22.3. The van der Waals surface area contributed by atoms with Crippen molar-refractivity contribution >= 4 is 11.9 Å². The van der Waals surface area contributed by atoms with Gasteiger partial charge in [0.05, 0.1) is 12.2 Å². The van der Waals surface area contributed by atoms with Gasteiger partial charge in [0, 0.05) is 52.5 Å². The summed E-state index contributed by atoms with van der Waals surface area (Å²) in [5, 5.41) is 6.86. The average Bonchev–Trinajstić information content (AvgIpc) is 2.74. The highest BCUT2D eigenvalue weighted by molar-refractivity contribution is 5.94. The van der Waals surface area contributed by atoms with Crippen molar-refractivity contribution in [1.29, 1.82) is 0 Å². The van der Waals surface area contributed by atoms with E-state index in [-0.39, 0.29) is 18.1 Å². The number of nitrogens with one attached hydrogen (secondary N) is 2. The number of carbonyl (C=O) groups excluding carboxylic acids is 1. The van der Waals surface area contributed by atoms with E-state index in [0.717, 1.165) is 36.7 Å². The lowest BCUT2D eigenvalue weighted by Gasteiger charge is -2.42. The second-order valence-electron chi connectivity index (χ2n) is 9.04. The highest BCUT2D eigenvalue weighted by Crippen LogP contribution is 2.43. The standard InChI is InChI=1S/C24H38N4O3/c1-18-15-28(16-19(2)31-18)22(29)21-8-6-20(7-9-21)14-26-23(25-3)27-17-24(10-5-11-24)12-13-30-4/h6-9,18-19H,5,10-17H2,1-4H3,(H2,25,26,27). The van der Waals surface area contributed by atoms with Gasteiger partial charge in [-0.1, -0.05) is 18.6 Å². The van der Waals surface area contributed by atoms with E-state index in [9.17, 15) is 4.79 Å². The molecule has 7 nitrogen and oxygen atoms in total. The fourth-order valence-corrected chi connectivity index (χ4v) is 4.48. The van der Waals surface area contributed by atoms with Crippen molar-refractivity contribution in [2.24, 2.45) is 10.4 Å². The van der Waals surface area contributed by atoms with Gasteiger partial charge in [0.25, 0.3) is 5.91 Å². The first-order chi connectivity index (χ1) is 14.9. The van der Waals surface area contributed by atoms with Crippen molar-refractivity contribution in [1.82, 2.24) is 15.5 Å². The lowest BCUT2D eigenvalue weighted by atomic mass is 9.67. The quantitative estimate of drug-likeness (QED) is 0.490. The molecule has 2 fully saturated rings. The number of guanidine groups is 1. The maximum Gasteiger partial charge on any atom is 0.254 e. The maximum atomic E-state index is 12.8. The van der Waals surface area contributed by atoms with Crippen LogP contribution in [0.25, 0.3) is 0 Å². The molecule has 1 aliphatic heterocycles. The molecule has 1 aliphatic carbocycles. The molecule has 2 aliphatic rings. The summed E-state index contributed by atoms with van der Waals surface area (Å²) in [6.07, 6.45) is 5.02. The minimum Gasteiger partial charge on any atom is -0.385 e. The molecule has 0 radical (unpaired) electrons. The molecule has 3 rings (SSSR count). The predicted octanol–water partition coefficient (Wildman–Crippen LogP) is 2.81. The van der Waals surface area contributed by atoms with E-state index in [1.165, 1.54) is 19.3 Å². The normalized spacial score (nSPS) is 23.2. The van der Waals surface area contributed by atoms with Gasteiger partial charge in [0.1, 0.15) is 0 Å². The van der Waals surface area contributed by atoms with Crippen LogP contribution in [0.3, 0.4) is 0 Å². The van der Waals surface area contributed by atoms with Gasteiger partial charge in [-0.05, 0) is 56.2 Å². The molecule has 0 bridgehead atoms. The first-order valence-electron chi connectivity index (χ1n) is 11.4. The second-order valence-corrected chi connectivity index (χ2v) is 9.04. The van der Waals surface area contributed by atoms with E-state index in [4.69, 9.17) is 9.47 Å². The van der Waals surface area contributed by atoms with E-state index >= 15 is 0 Å². The third-order valence-electron chi connectivity index (χ3n) is 6.47.